The maximum Gasteiger partial charge on any atom is 0.416 e. The van der Waals surface area contributed by atoms with Crippen LogP contribution in [0.15, 0.2) is 36.9 Å². The smallest absolute Gasteiger partial charge is 0.416 e. The highest BCUT2D eigenvalue weighted by Crippen LogP contribution is 2.29. The van der Waals surface area contributed by atoms with Gasteiger partial charge in [-0.05, 0) is 12.1 Å². The number of ether oxygens (including phenoxy) is 1. The number of hydrogen-bond acceptors (Lipinski definition) is 3. The molecule has 1 rings (SSSR count). The van der Waals surface area contributed by atoms with Crippen LogP contribution in [0.1, 0.15) is 15.9 Å². The van der Waals surface area contributed by atoms with E-state index in [0.29, 0.717) is 6.07 Å². The number of ketones is 1. The van der Waals surface area contributed by atoms with E-state index >= 15 is 0 Å². The first-order valence-corrected chi connectivity index (χ1v) is 4.86. The van der Waals surface area contributed by atoms with Crippen LogP contribution < -0.4 is 0 Å². The van der Waals surface area contributed by atoms with Gasteiger partial charge >= 0.3 is 12.1 Å². The summed E-state index contributed by atoms with van der Waals surface area (Å²) < 4.78 is 41.6. The molecule has 0 heterocycles. The maximum atomic E-state index is 12.4. The van der Waals surface area contributed by atoms with E-state index in [9.17, 15) is 22.8 Å². The van der Waals surface area contributed by atoms with Crippen LogP contribution in [-0.2, 0) is 15.7 Å². The molecule has 0 aromatic heterocycles. The Kier molecular flexibility index (Phi) is 4.25. The zero-order chi connectivity index (χ0) is 13.8. The Labute approximate surface area is 101 Å². The van der Waals surface area contributed by atoms with Gasteiger partial charge in [0, 0.05) is 5.56 Å². The van der Waals surface area contributed by atoms with Crippen molar-refractivity contribution in [1.29, 1.82) is 0 Å². The van der Waals surface area contributed by atoms with E-state index in [0.717, 1.165) is 18.2 Å². The van der Waals surface area contributed by atoms with E-state index < -0.39 is 23.5 Å². The lowest BCUT2D eigenvalue weighted by Gasteiger charge is -2.07. The minimum Gasteiger partial charge on any atom is -0.455 e. The zero-order valence-electron chi connectivity index (χ0n) is 9.16. The van der Waals surface area contributed by atoms with Crippen LogP contribution in [-0.4, -0.2) is 18.4 Å². The monoisotopic (exact) mass is 258 g/mol. The van der Waals surface area contributed by atoms with E-state index in [-0.39, 0.29) is 12.2 Å². The van der Waals surface area contributed by atoms with Crippen LogP contribution in [0.25, 0.3) is 0 Å². The fourth-order valence-electron chi connectivity index (χ4n) is 1.15. The van der Waals surface area contributed by atoms with Gasteiger partial charge in [-0.15, -0.1) is 0 Å². The van der Waals surface area contributed by atoms with Crippen LogP contribution in [0.4, 0.5) is 13.2 Å². The summed E-state index contributed by atoms with van der Waals surface area (Å²) in [5.74, 6) is -2.34. The van der Waals surface area contributed by atoms with Crippen molar-refractivity contribution in [2.24, 2.45) is 0 Å². The van der Waals surface area contributed by atoms with Crippen LogP contribution in [0.3, 0.4) is 0 Å². The molecule has 0 atom stereocenters. The molecule has 18 heavy (non-hydrogen) atoms. The normalized spacial score (nSPS) is 10.8. The predicted octanol–water partition coefficient (Wildman–Crippen LogP) is 2.62. The summed E-state index contributed by atoms with van der Waals surface area (Å²) in [5.41, 5.74) is -1.36. The standard InChI is InChI=1S/C12H9F3O3/c1-2-6-18-11(17)10(16)8-4-3-5-9(7-8)12(13,14)15/h2-5,7H,1,6H2. The molecule has 1 aromatic carbocycles. The van der Waals surface area contributed by atoms with Gasteiger partial charge in [-0.25, -0.2) is 4.79 Å². The number of Topliss-reactive ketones (excluding diaryl/α,β-unsaturated/α-hetero) is 1. The molecule has 0 unspecified atom stereocenters. The van der Waals surface area contributed by atoms with Crippen molar-refractivity contribution in [1.82, 2.24) is 0 Å². The molecule has 0 N–H and O–H groups in total. The molecule has 6 heteroatoms. The molecule has 0 aliphatic heterocycles. The van der Waals surface area contributed by atoms with Crippen molar-refractivity contribution < 1.29 is 27.5 Å². The van der Waals surface area contributed by atoms with E-state index in [1.807, 2.05) is 0 Å². The lowest BCUT2D eigenvalue weighted by Crippen LogP contribution is -2.18. The van der Waals surface area contributed by atoms with Gasteiger partial charge in [0.2, 0.25) is 0 Å². The molecule has 0 fully saturated rings. The molecular formula is C12H9F3O3. The Morgan fingerprint density at radius 1 is 1.33 bits per heavy atom. The molecule has 0 radical (unpaired) electrons. The molecule has 1 aromatic rings. The quantitative estimate of drug-likeness (QED) is 0.361. The summed E-state index contributed by atoms with van der Waals surface area (Å²) in [7, 11) is 0. The first-order chi connectivity index (χ1) is 8.36. The van der Waals surface area contributed by atoms with Gasteiger partial charge in [0.05, 0.1) is 5.56 Å². The average Bonchev–Trinajstić information content (AvgIpc) is 2.34. The second-order valence-corrected chi connectivity index (χ2v) is 3.29. The fraction of sp³-hybridized carbons (Fsp3) is 0.167. The van der Waals surface area contributed by atoms with Gasteiger partial charge in [0.15, 0.2) is 0 Å². The second-order valence-electron chi connectivity index (χ2n) is 3.29. The molecule has 0 saturated carbocycles. The third-order valence-electron chi connectivity index (χ3n) is 1.97. The van der Waals surface area contributed by atoms with E-state index in [2.05, 4.69) is 11.3 Å². The maximum absolute atomic E-state index is 12.4. The molecule has 96 valence electrons. The molecule has 0 bridgehead atoms. The summed E-state index contributed by atoms with van der Waals surface area (Å²) in [6, 6.07) is 3.59. The van der Waals surface area contributed by atoms with Crippen LogP contribution >= 0.6 is 0 Å². The van der Waals surface area contributed by atoms with E-state index in [1.54, 1.807) is 0 Å². The third-order valence-corrected chi connectivity index (χ3v) is 1.97. The highest BCUT2D eigenvalue weighted by Gasteiger charge is 2.31. The van der Waals surface area contributed by atoms with Crippen molar-refractivity contribution in [2.75, 3.05) is 6.61 Å². The largest absolute Gasteiger partial charge is 0.455 e. The van der Waals surface area contributed by atoms with Crippen LogP contribution in [0.2, 0.25) is 0 Å². The summed E-state index contributed by atoms with van der Waals surface area (Å²) in [4.78, 5) is 22.6. The highest BCUT2D eigenvalue weighted by molar-refractivity contribution is 6.40. The summed E-state index contributed by atoms with van der Waals surface area (Å²) in [6.07, 6.45) is -3.32. The molecule has 0 aliphatic rings. The predicted molar refractivity (Wildman–Crippen MR) is 56.9 cm³/mol. The first-order valence-electron chi connectivity index (χ1n) is 4.86. The molecule has 0 spiro atoms. The van der Waals surface area contributed by atoms with Gasteiger partial charge in [0.1, 0.15) is 6.61 Å². The number of esters is 1. The number of carbonyl (C=O) groups excluding carboxylic acids is 2. The SMILES string of the molecule is C=CCOC(=O)C(=O)c1cccc(C(F)(F)F)c1. The van der Waals surface area contributed by atoms with Gasteiger partial charge in [0.25, 0.3) is 5.78 Å². The molecule has 0 amide bonds. The van der Waals surface area contributed by atoms with Gasteiger partial charge < -0.3 is 4.74 Å². The molecule has 0 aliphatic carbocycles. The van der Waals surface area contributed by atoms with Crippen molar-refractivity contribution in [3.63, 3.8) is 0 Å². The average molecular weight is 258 g/mol. The molecule has 3 nitrogen and oxygen atoms in total. The zero-order valence-corrected chi connectivity index (χ0v) is 9.16. The Balaban J connectivity index is 2.93. The van der Waals surface area contributed by atoms with Gasteiger partial charge in [-0.2, -0.15) is 13.2 Å². The lowest BCUT2D eigenvalue weighted by molar-refractivity contribution is -0.138. The first kappa shape index (κ1) is 14.0. The van der Waals surface area contributed by atoms with Crippen LogP contribution in [0, 0.1) is 0 Å². The summed E-state index contributed by atoms with van der Waals surface area (Å²) >= 11 is 0. The number of hydrogen-bond donors (Lipinski definition) is 0. The van der Waals surface area contributed by atoms with Crippen LogP contribution in [0.5, 0.6) is 0 Å². The van der Waals surface area contributed by atoms with E-state index in [4.69, 9.17) is 0 Å². The summed E-state index contributed by atoms with van der Waals surface area (Å²) in [5, 5.41) is 0. The van der Waals surface area contributed by atoms with Crippen molar-refractivity contribution in [2.45, 2.75) is 6.18 Å². The lowest BCUT2D eigenvalue weighted by atomic mass is 10.1. The number of alkyl halides is 3. The number of rotatable bonds is 4. The fourth-order valence-corrected chi connectivity index (χ4v) is 1.15. The van der Waals surface area contributed by atoms with Crippen molar-refractivity contribution >= 4 is 11.8 Å². The Morgan fingerprint density at radius 3 is 2.56 bits per heavy atom. The highest BCUT2D eigenvalue weighted by atomic mass is 19.4. The van der Waals surface area contributed by atoms with Crippen molar-refractivity contribution in [3.8, 4) is 0 Å². The minimum atomic E-state index is -4.57. The van der Waals surface area contributed by atoms with Crippen molar-refractivity contribution in [3.05, 3.63) is 48.0 Å². The molecular weight excluding hydrogens is 249 g/mol. The number of carbonyl (C=O) groups is 2. The minimum absolute atomic E-state index is 0.177. The van der Waals surface area contributed by atoms with E-state index in [1.165, 1.54) is 6.08 Å². The Hall–Kier alpha value is -2.11. The Morgan fingerprint density at radius 2 is 2.00 bits per heavy atom. The topological polar surface area (TPSA) is 43.4 Å². The number of benzene rings is 1. The van der Waals surface area contributed by atoms with Gasteiger partial charge in [-0.3, -0.25) is 4.79 Å². The Bertz CT molecular complexity index is 478. The number of halogens is 3. The second kappa shape index (κ2) is 5.48. The third kappa shape index (κ3) is 3.44. The summed E-state index contributed by atoms with van der Waals surface area (Å²) in [6.45, 7) is 3.10. The molecule has 0 saturated heterocycles. The van der Waals surface area contributed by atoms with Gasteiger partial charge in [-0.1, -0.05) is 24.8 Å².